The summed E-state index contributed by atoms with van der Waals surface area (Å²) in [4.78, 5) is 6.47. The molecule has 3 heterocycles. The lowest BCUT2D eigenvalue weighted by molar-refractivity contribution is -0.274. The van der Waals surface area contributed by atoms with Gasteiger partial charge in [-0.3, -0.25) is 9.58 Å². The van der Waals surface area contributed by atoms with E-state index in [0.717, 1.165) is 25.2 Å². The Kier molecular flexibility index (Phi) is 5.55. The minimum Gasteiger partial charge on any atom is -0.402 e. The third-order valence-electron chi connectivity index (χ3n) is 7.44. The molecule has 5 rings (SSSR count). The molecule has 10 heteroatoms. The molecule has 2 aromatic rings. The molecule has 5 atom stereocenters. The van der Waals surface area contributed by atoms with Crippen LogP contribution in [0.4, 0.5) is 19.0 Å². The Morgan fingerprint density at radius 1 is 1.18 bits per heavy atom. The average Bonchev–Trinajstić information content (AvgIpc) is 3.23. The number of alkyl halides is 3. The number of likely N-dealkylation sites (tertiary alicyclic amines) is 1. The molecule has 0 bridgehead atoms. The van der Waals surface area contributed by atoms with Gasteiger partial charge in [0, 0.05) is 55.7 Å². The van der Waals surface area contributed by atoms with Gasteiger partial charge in [-0.1, -0.05) is 0 Å². The van der Waals surface area contributed by atoms with Crippen LogP contribution in [0.2, 0.25) is 0 Å². The van der Waals surface area contributed by atoms with Crippen molar-refractivity contribution in [3.8, 4) is 17.0 Å². The summed E-state index contributed by atoms with van der Waals surface area (Å²) in [6.07, 6.45) is 0.415. The van der Waals surface area contributed by atoms with E-state index in [-0.39, 0.29) is 11.9 Å². The molecule has 33 heavy (non-hydrogen) atoms. The van der Waals surface area contributed by atoms with Crippen LogP contribution in [-0.4, -0.2) is 58.4 Å². The molecule has 1 saturated heterocycles. The number of hydrogen-bond acceptors (Lipinski definition) is 6. The quantitative estimate of drug-likeness (QED) is 0.688. The molecule has 0 aromatic carbocycles. The molecule has 3 aliphatic rings. The van der Waals surface area contributed by atoms with E-state index < -0.39 is 12.1 Å². The van der Waals surface area contributed by atoms with Crippen molar-refractivity contribution in [1.29, 1.82) is 0 Å². The van der Waals surface area contributed by atoms with Crippen molar-refractivity contribution in [3.63, 3.8) is 0 Å². The first-order valence-corrected chi connectivity index (χ1v) is 11.5. The van der Waals surface area contributed by atoms with E-state index in [1.54, 1.807) is 7.11 Å². The minimum absolute atomic E-state index is 0.138. The van der Waals surface area contributed by atoms with Crippen molar-refractivity contribution in [2.24, 2.45) is 11.8 Å². The maximum absolute atomic E-state index is 12.7. The zero-order valence-corrected chi connectivity index (χ0v) is 19.0. The van der Waals surface area contributed by atoms with Crippen LogP contribution in [-0.2, 0) is 4.74 Å². The Hall–Kier alpha value is -2.33. The Morgan fingerprint density at radius 2 is 1.91 bits per heavy atom. The zero-order valence-electron chi connectivity index (χ0n) is 19.0. The Labute approximate surface area is 191 Å². The van der Waals surface area contributed by atoms with Crippen LogP contribution in [0, 0.1) is 11.8 Å². The SMILES string of the molecule is CO[C@@H]1CCN([C@@H]2C[C@@H]3[C@H](C2)[C@H]3c2cc(-c3cnc(N)c(OC(F)(F)F)c3)nn2C(C)C)C1. The van der Waals surface area contributed by atoms with Crippen LogP contribution < -0.4 is 10.5 Å². The summed E-state index contributed by atoms with van der Waals surface area (Å²) in [5, 5.41) is 4.73. The number of hydrogen-bond donors (Lipinski definition) is 1. The first kappa shape index (κ1) is 22.5. The first-order chi connectivity index (χ1) is 15.6. The predicted octanol–water partition coefficient (Wildman–Crippen LogP) is 4.22. The van der Waals surface area contributed by atoms with Gasteiger partial charge in [-0.05, 0) is 57.1 Å². The average molecular weight is 466 g/mol. The van der Waals surface area contributed by atoms with Gasteiger partial charge >= 0.3 is 6.36 Å². The van der Waals surface area contributed by atoms with Crippen LogP contribution in [0.5, 0.6) is 5.75 Å². The number of ether oxygens (including phenoxy) is 2. The summed E-state index contributed by atoms with van der Waals surface area (Å²) >= 11 is 0. The van der Waals surface area contributed by atoms with Gasteiger partial charge in [-0.2, -0.15) is 5.10 Å². The lowest BCUT2D eigenvalue weighted by Crippen LogP contribution is -2.33. The molecule has 2 aromatic heterocycles. The fraction of sp³-hybridized carbons (Fsp3) is 0.652. The zero-order chi connectivity index (χ0) is 23.5. The lowest BCUT2D eigenvalue weighted by atomic mass is 10.0. The van der Waals surface area contributed by atoms with Crippen molar-refractivity contribution in [2.45, 2.75) is 63.6 Å². The molecule has 2 aliphatic carbocycles. The van der Waals surface area contributed by atoms with E-state index >= 15 is 0 Å². The number of pyridine rings is 1. The number of fused-ring (bicyclic) bond motifs is 1. The van der Waals surface area contributed by atoms with E-state index in [1.165, 1.54) is 25.1 Å². The van der Waals surface area contributed by atoms with E-state index in [9.17, 15) is 13.2 Å². The fourth-order valence-corrected chi connectivity index (χ4v) is 5.84. The highest BCUT2D eigenvalue weighted by Gasteiger charge is 2.59. The molecule has 7 nitrogen and oxygen atoms in total. The number of methoxy groups -OCH3 is 1. The standard InChI is InChI=1S/C23H30F3N5O2/c1-12(2)31-19(21-16-7-14(8-17(16)21)30-5-4-15(11-30)32-3)9-18(29-31)13-6-20(22(27)28-10-13)33-23(24,25)26/h6,9-10,12,14-17,21H,4-5,7-8,11H2,1-3H3,(H2,27,28)/t14-,15-,16-,17+,21+/m1/s1. The molecule has 3 fully saturated rings. The molecule has 0 amide bonds. The van der Waals surface area contributed by atoms with Crippen molar-refractivity contribution < 1.29 is 22.6 Å². The third-order valence-corrected chi connectivity index (χ3v) is 7.44. The second-order valence-corrected chi connectivity index (χ2v) is 9.77. The van der Waals surface area contributed by atoms with Gasteiger partial charge in [0.25, 0.3) is 0 Å². The maximum Gasteiger partial charge on any atom is 0.573 e. The van der Waals surface area contributed by atoms with Crippen molar-refractivity contribution >= 4 is 5.82 Å². The highest BCUT2D eigenvalue weighted by molar-refractivity contribution is 5.64. The van der Waals surface area contributed by atoms with Crippen LogP contribution in [0.25, 0.3) is 11.3 Å². The Bertz CT molecular complexity index is 1010. The summed E-state index contributed by atoms with van der Waals surface area (Å²) in [5.74, 6) is 0.893. The molecule has 1 aliphatic heterocycles. The highest BCUT2D eigenvalue weighted by Crippen LogP contribution is 2.64. The van der Waals surface area contributed by atoms with E-state index in [2.05, 4.69) is 28.5 Å². The van der Waals surface area contributed by atoms with Gasteiger partial charge in [0.1, 0.15) is 0 Å². The first-order valence-electron chi connectivity index (χ1n) is 11.5. The van der Waals surface area contributed by atoms with Gasteiger partial charge < -0.3 is 15.2 Å². The molecule has 2 saturated carbocycles. The monoisotopic (exact) mass is 465 g/mol. The molecular weight excluding hydrogens is 435 g/mol. The molecule has 0 radical (unpaired) electrons. The minimum atomic E-state index is -4.84. The Balaban J connectivity index is 1.34. The second kappa shape index (κ2) is 8.16. The number of anilines is 1. The molecule has 2 N–H and O–H groups in total. The Morgan fingerprint density at radius 3 is 2.52 bits per heavy atom. The second-order valence-electron chi connectivity index (χ2n) is 9.77. The van der Waals surface area contributed by atoms with E-state index in [4.69, 9.17) is 15.6 Å². The maximum atomic E-state index is 12.7. The van der Waals surface area contributed by atoms with Gasteiger partial charge in [0.05, 0.1) is 11.8 Å². The number of nitrogens with two attached hydrogens (primary N) is 1. The summed E-state index contributed by atoms with van der Waals surface area (Å²) in [6.45, 7) is 6.26. The molecule has 0 unspecified atom stereocenters. The number of aromatic nitrogens is 3. The molecule has 180 valence electrons. The van der Waals surface area contributed by atoms with Crippen molar-refractivity contribution in [2.75, 3.05) is 25.9 Å². The van der Waals surface area contributed by atoms with E-state index in [0.29, 0.717) is 41.2 Å². The summed E-state index contributed by atoms with van der Waals surface area (Å²) in [5.41, 5.74) is 7.78. The van der Waals surface area contributed by atoms with Crippen molar-refractivity contribution in [1.82, 2.24) is 19.7 Å². The molecular formula is C23H30F3N5O2. The van der Waals surface area contributed by atoms with Crippen LogP contribution in [0.1, 0.15) is 50.8 Å². The van der Waals surface area contributed by atoms with Gasteiger partial charge in [-0.15, -0.1) is 13.2 Å². The number of nitrogens with zero attached hydrogens (tertiary/aromatic N) is 4. The predicted molar refractivity (Wildman–Crippen MR) is 117 cm³/mol. The van der Waals surface area contributed by atoms with E-state index in [1.807, 2.05) is 10.7 Å². The fourth-order valence-electron chi connectivity index (χ4n) is 5.84. The summed E-state index contributed by atoms with van der Waals surface area (Å²) in [7, 11) is 1.79. The number of halogens is 3. The van der Waals surface area contributed by atoms with Crippen molar-refractivity contribution in [3.05, 3.63) is 24.0 Å². The normalized spacial score (nSPS) is 29.6. The lowest BCUT2D eigenvalue weighted by Gasteiger charge is -2.26. The summed E-state index contributed by atoms with van der Waals surface area (Å²) in [6, 6.07) is 4.02. The molecule has 0 spiro atoms. The van der Waals surface area contributed by atoms with Gasteiger partial charge in [0.2, 0.25) is 0 Å². The van der Waals surface area contributed by atoms with Gasteiger partial charge in [-0.25, -0.2) is 4.98 Å². The van der Waals surface area contributed by atoms with Crippen LogP contribution in [0.3, 0.4) is 0 Å². The summed E-state index contributed by atoms with van der Waals surface area (Å²) < 4.78 is 49.7. The third kappa shape index (κ3) is 4.30. The highest BCUT2D eigenvalue weighted by atomic mass is 19.4. The van der Waals surface area contributed by atoms with Crippen LogP contribution >= 0.6 is 0 Å². The topological polar surface area (TPSA) is 78.4 Å². The largest absolute Gasteiger partial charge is 0.573 e. The number of nitrogen functional groups attached to an aromatic ring is 1. The van der Waals surface area contributed by atoms with Gasteiger partial charge in [0.15, 0.2) is 11.6 Å². The van der Waals surface area contributed by atoms with Crippen LogP contribution in [0.15, 0.2) is 18.3 Å². The smallest absolute Gasteiger partial charge is 0.402 e. The number of rotatable bonds is 6.